The summed E-state index contributed by atoms with van der Waals surface area (Å²) < 4.78 is 13.0. The van der Waals surface area contributed by atoms with Gasteiger partial charge in [-0.25, -0.2) is 4.39 Å². The molecule has 110 valence electrons. The van der Waals surface area contributed by atoms with Crippen molar-refractivity contribution in [3.63, 3.8) is 0 Å². The minimum Gasteiger partial charge on any atom is -0.383 e. The van der Waals surface area contributed by atoms with Crippen LogP contribution < -0.4 is 5.32 Å². The Morgan fingerprint density at radius 1 is 1.43 bits per heavy atom. The van der Waals surface area contributed by atoms with Gasteiger partial charge in [0.05, 0.1) is 6.54 Å². The lowest BCUT2D eigenvalue weighted by molar-refractivity contribution is -0.117. The minimum atomic E-state index is -1.10. The summed E-state index contributed by atoms with van der Waals surface area (Å²) in [5.74, 6) is -0.686. The van der Waals surface area contributed by atoms with Crippen molar-refractivity contribution in [2.75, 3.05) is 6.54 Å². The van der Waals surface area contributed by atoms with E-state index in [1.54, 1.807) is 19.1 Å². The van der Waals surface area contributed by atoms with Crippen LogP contribution in [0, 0.1) is 5.82 Å². The van der Waals surface area contributed by atoms with Crippen LogP contribution in [0.15, 0.2) is 47.9 Å². The normalized spacial score (nSPS) is 14.0. The van der Waals surface area contributed by atoms with Crippen LogP contribution in [0.1, 0.15) is 17.4 Å². The van der Waals surface area contributed by atoms with E-state index in [-0.39, 0.29) is 18.3 Å². The molecule has 2 aromatic rings. The molecule has 1 heterocycles. The first-order valence-electron chi connectivity index (χ1n) is 6.45. The standard InChI is InChI=1S/C16H16FNO2S/c1-16(20,14-6-3-9-21-14)11-18-15(19)8-7-12-4-2-5-13(17)10-12/h2-10,20H,11H2,1H3,(H,18,19)/b8-7+/t16-/m0/s1. The van der Waals surface area contributed by atoms with E-state index in [1.807, 2.05) is 17.5 Å². The van der Waals surface area contributed by atoms with Gasteiger partial charge in [0.15, 0.2) is 0 Å². The molecule has 0 aliphatic rings. The average molecular weight is 305 g/mol. The lowest BCUT2D eigenvalue weighted by Crippen LogP contribution is -2.37. The van der Waals surface area contributed by atoms with E-state index in [4.69, 9.17) is 0 Å². The highest BCUT2D eigenvalue weighted by Gasteiger charge is 2.24. The highest BCUT2D eigenvalue weighted by Crippen LogP contribution is 2.24. The van der Waals surface area contributed by atoms with E-state index in [9.17, 15) is 14.3 Å². The molecule has 0 unspecified atom stereocenters. The zero-order valence-electron chi connectivity index (χ0n) is 11.5. The second-order valence-electron chi connectivity index (χ2n) is 4.86. The first-order chi connectivity index (χ1) is 9.97. The van der Waals surface area contributed by atoms with Crippen molar-refractivity contribution in [2.24, 2.45) is 0 Å². The summed E-state index contributed by atoms with van der Waals surface area (Å²) in [5, 5.41) is 14.8. The number of carbonyl (C=O) groups excluding carboxylic acids is 1. The number of aliphatic hydroxyl groups is 1. The number of amides is 1. The molecule has 0 fully saturated rings. The van der Waals surface area contributed by atoms with Crippen LogP contribution in [0.4, 0.5) is 4.39 Å². The lowest BCUT2D eigenvalue weighted by atomic mass is 10.1. The predicted octanol–water partition coefficient (Wildman–Crippen LogP) is 2.92. The molecular weight excluding hydrogens is 289 g/mol. The summed E-state index contributed by atoms with van der Waals surface area (Å²) in [4.78, 5) is 12.5. The largest absolute Gasteiger partial charge is 0.383 e. The maximum atomic E-state index is 13.0. The Morgan fingerprint density at radius 2 is 2.24 bits per heavy atom. The van der Waals surface area contributed by atoms with Crippen LogP contribution in [-0.2, 0) is 10.4 Å². The summed E-state index contributed by atoms with van der Waals surface area (Å²) in [5.41, 5.74) is -0.494. The molecule has 1 aromatic carbocycles. The van der Waals surface area contributed by atoms with Gasteiger partial charge in [0.25, 0.3) is 0 Å². The van der Waals surface area contributed by atoms with Crippen molar-refractivity contribution in [3.05, 3.63) is 64.1 Å². The SMILES string of the molecule is C[C@](O)(CNC(=O)/C=C/c1cccc(F)c1)c1cccs1. The van der Waals surface area contributed by atoms with Crippen LogP contribution >= 0.6 is 11.3 Å². The van der Waals surface area contributed by atoms with E-state index < -0.39 is 5.60 Å². The third kappa shape index (κ3) is 4.51. The molecule has 0 spiro atoms. The van der Waals surface area contributed by atoms with Gasteiger partial charge in [0.2, 0.25) is 5.91 Å². The van der Waals surface area contributed by atoms with Crippen LogP contribution in [0.3, 0.4) is 0 Å². The highest BCUT2D eigenvalue weighted by molar-refractivity contribution is 7.10. The summed E-state index contributed by atoms with van der Waals surface area (Å²) in [6.45, 7) is 1.76. The number of hydrogen-bond donors (Lipinski definition) is 2. The Morgan fingerprint density at radius 3 is 2.90 bits per heavy atom. The molecule has 0 saturated carbocycles. The van der Waals surface area contributed by atoms with Gasteiger partial charge in [0, 0.05) is 11.0 Å². The average Bonchev–Trinajstić information content (AvgIpc) is 2.98. The fourth-order valence-electron chi connectivity index (χ4n) is 1.77. The second-order valence-corrected chi connectivity index (χ2v) is 5.80. The first kappa shape index (κ1) is 15.4. The van der Waals surface area contributed by atoms with E-state index in [1.165, 1.54) is 35.6 Å². The number of carbonyl (C=O) groups is 1. The maximum Gasteiger partial charge on any atom is 0.244 e. The monoisotopic (exact) mass is 305 g/mol. The molecule has 0 aliphatic carbocycles. The highest BCUT2D eigenvalue weighted by atomic mass is 32.1. The van der Waals surface area contributed by atoms with Crippen LogP contribution in [0.25, 0.3) is 6.08 Å². The third-order valence-electron chi connectivity index (χ3n) is 2.93. The fraction of sp³-hybridized carbons (Fsp3) is 0.188. The number of rotatable bonds is 5. The van der Waals surface area contributed by atoms with Crippen LogP contribution in [-0.4, -0.2) is 17.6 Å². The molecular formula is C16H16FNO2S. The lowest BCUT2D eigenvalue weighted by Gasteiger charge is -2.21. The molecule has 2 rings (SSSR count). The zero-order valence-corrected chi connectivity index (χ0v) is 12.4. The molecule has 2 N–H and O–H groups in total. The zero-order chi connectivity index (χ0) is 15.3. The van der Waals surface area contributed by atoms with Crippen molar-refractivity contribution in [3.8, 4) is 0 Å². The first-order valence-corrected chi connectivity index (χ1v) is 7.33. The number of hydrogen-bond acceptors (Lipinski definition) is 3. The topological polar surface area (TPSA) is 49.3 Å². The van der Waals surface area contributed by atoms with E-state index in [0.717, 1.165) is 4.88 Å². The Kier molecular flexibility index (Phi) is 4.88. The Labute approximate surface area is 126 Å². The van der Waals surface area contributed by atoms with E-state index >= 15 is 0 Å². The number of benzene rings is 1. The van der Waals surface area contributed by atoms with Crippen molar-refractivity contribution in [1.82, 2.24) is 5.32 Å². The summed E-state index contributed by atoms with van der Waals surface area (Å²) >= 11 is 1.43. The number of halogens is 1. The molecule has 0 radical (unpaired) electrons. The molecule has 0 aliphatic heterocycles. The molecule has 5 heteroatoms. The summed E-state index contributed by atoms with van der Waals surface area (Å²) in [7, 11) is 0. The molecule has 1 aromatic heterocycles. The summed E-state index contributed by atoms with van der Waals surface area (Å²) in [6, 6.07) is 9.63. The van der Waals surface area contributed by atoms with Crippen molar-refractivity contribution >= 4 is 23.3 Å². The van der Waals surface area contributed by atoms with E-state index in [2.05, 4.69) is 5.32 Å². The van der Waals surface area contributed by atoms with Crippen LogP contribution in [0.5, 0.6) is 0 Å². The molecule has 1 atom stereocenters. The Bertz CT molecular complexity index is 635. The minimum absolute atomic E-state index is 0.111. The summed E-state index contributed by atoms with van der Waals surface area (Å²) in [6.07, 6.45) is 2.84. The third-order valence-corrected chi connectivity index (χ3v) is 4.06. The molecule has 1 amide bonds. The van der Waals surface area contributed by atoms with Gasteiger partial charge in [-0.2, -0.15) is 0 Å². The second kappa shape index (κ2) is 6.65. The molecule has 0 bridgehead atoms. The van der Waals surface area contributed by atoms with Crippen molar-refractivity contribution < 1.29 is 14.3 Å². The molecule has 0 saturated heterocycles. The van der Waals surface area contributed by atoms with Crippen molar-refractivity contribution in [2.45, 2.75) is 12.5 Å². The molecule has 3 nitrogen and oxygen atoms in total. The van der Waals surface area contributed by atoms with Gasteiger partial charge < -0.3 is 10.4 Å². The maximum absolute atomic E-state index is 13.0. The Hall–Kier alpha value is -1.98. The van der Waals surface area contributed by atoms with Gasteiger partial charge in [-0.05, 0) is 42.1 Å². The quantitative estimate of drug-likeness (QED) is 0.835. The van der Waals surface area contributed by atoms with Crippen LogP contribution in [0.2, 0.25) is 0 Å². The van der Waals surface area contributed by atoms with Gasteiger partial charge in [-0.3, -0.25) is 4.79 Å². The number of thiophene rings is 1. The van der Waals surface area contributed by atoms with Gasteiger partial charge >= 0.3 is 0 Å². The van der Waals surface area contributed by atoms with Gasteiger partial charge in [0.1, 0.15) is 11.4 Å². The van der Waals surface area contributed by atoms with E-state index in [0.29, 0.717) is 5.56 Å². The fourth-order valence-corrected chi connectivity index (χ4v) is 2.56. The smallest absolute Gasteiger partial charge is 0.244 e. The Balaban J connectivity index is 1.90. The van der Waals surface area contributed by atoms with Crippen molar-refractivity contribution in [1.29, 1.82) is 0 Å². The number of nitrogens with one attached hydrogen (secondary N) is 1. The van der Waals surface area contributed by atoms with Gasteiger partial charge in [-0.15, -0.1) is 11.3 Å². The predicted molar refractivity (Wildman–Crippen MR) is 82.3 cm³/mol. The molecule has 21 heavy (non-hydrogen) atoms. The van der Waals surface area contributed by atoms with Gasteiger partial charge in [-0.1, -0.05) is 18.2 Å².